The van der Waals surface area contributed by atoms with Gasteiger partial charge in [-0.05, 0) is 48.8 Å². The number of rotatable bonds is 10. The number of halogens is 1. The van der Waals surface area contributed by atoms with Crippen LogP contribution in [0.5, 0.6) is 11.5 Å². The standard InChI is InChI=1S/C23H38N4O3.HI/c1-24-22(25-17-23(7-5-8-23)9-11-28-2)26-19-6-10-27(16-19)15-18-12-20(29-3)14-21(13-18)30-4;/h12-14,19H,5-11,15-17H2,1-4H3,(H2,24,25,26);1H. The van der Waals surface area contributed by atoms with Crippen LogP contribution in [0.2, 0.25) is 0 Å². The van der Waals surface area contributed by atoms with Crippen molar-refractivity contribution < 1.29 is 14.2 Å². The maximum Gasteiger partial charge on any atom is 0.191 e. The van der Waals surface area contributed by atoms with Gasteiger partial charge in [-0.1, -0.05) is 6.42 Å². The first kappa shape index (κ1) is 26.0. The Balaban J connectivity index is 0.00000341. The van der Waals surface area contributed by atoms with Crippen molar-refractivity contribution in [3.63, 3.8) is 0 Å². The second-order valence-corrected chi connectivity index (χ2v) is 8.61. The van der Waals surface area contributed by atoms with Gasteiger partial charge in [0.1, 0.15) is 11.5 Å². The smallest absolute Gasteiger partial charge is 0.191 e. The van der Waals surface area contributed by atoms with E-state index in [-0.39, 0.29) is 24.0 Å². The van der Waals surface area contributed by atoms with Crippen molar-refractivity contribution in [1.82, 2.24) is 15.5 Å². The average Bonchev–Trinajstić information content (AvgIpc) is 3.18. The molecule has 1 atom stereocenters. The Labute approximate surface area is 204 Å². The zero-order valence-corrected chi connectivity index (χ0v) is 21.7. The number of aliphatic imine (C=N–C) groups is 1. The van der Waals surface area contributed by atoms with E-state index in [1.54, 1.807) is 21.3 Å². The molecule has 31 heavy (non-hydrogen) atoms. The second kappa shape index (κ2) is 12.7. The fraction of sp³-hybridized carbons (Fsp3) is 0.696. The van der Waals surface area contributed by atoms with Gasteiger partial charge in [-0.25, -0.2) is 0 Å². The van der Waals surface area contributed by atoms with Crippen LogP contribution < -0.4 is 20.1 Å². The number of nitrogens with zero attached hydrogens (tertiary/aromatic N) is 2. The monoisotopic (exact) mass is 546 g/mol. The second-order valence-electron chi connectivity index (χ2n) is 8.61. The number of hydrogen-bond acceptors (Lipinski definition) is 5. The Bertz CT molecular complexity index is 690. The van der Waals surface area contributed by atoms with Gasteiger partial charge in [-0.15, -0.1) is 24.0 Å². The molecule has 2 fully saturated rings. The molecule has 0 spiro atoms. The number of likely N-dealkylation sites (tertiary alicyclic amines) is 1. The highest BCUT2D eigenvalue weighted by molar-refractivity contribution is 14.0. The molecule has 0 amide bonds. The summed E-state index contributed by atoms with van der Waals surface area (Å²) < 4.78 is 16.1. The van der Waals surface area contributed by atoms with E-state index >= 15 is 0 Å². The summed E-state index contributed by atoms with van der Waals surface area (Å²) in [7, 11) is 7.02. The molecule has 2 aliphatic rings. The topological polar surface area (TPSA) is 67.4 Å². The molecule has 1 aliphatic carbocycles. The summed E-state index contributed by atoms with van der Waals surface area (Å²) in [6.07, 6.45) is 6.11. The largest absolute Gasteiger partial charge is 0.497 e. The number of benzene rings is 1. The van der Waals surface area contributed by atoms with Crippen molar-refractivity contribution in [2.75, 3.05) is 54.6 Å². The quantitative estimate of drug-likeness (QED) is 0.267. The van der Waals surface area contributed by atoms with Crippen molar-refractivity contribution in [3.05, 3.63) is 23.8 Å². The molecule has 1 aromatic carbocycles. The fourth-order valence-electron chi connectivity index (χ4n) is 4.48. The molecule has 7 nitrogen and oxygen atoms in total. The van der Waals surface area contributed by atoms with Gasteiger partial charge < -0.3 is 24.8 Å². The molecule has 1 heterocycles. The predicted octanol–water partition coefficient (Wildman–Crippen LogP) is 3.27. The molecule has 1 saturated carbocycles. The van der Waals surface area contributed by atoms with Gasteiger partial charge in [0, 0.05) is 59.1 Å². The molecule has 0 bridgehead atoms. The number of methoxy groups -OCH3 is 3. The maximum atomic E-state index is 5.40. The molecule has 1 unspecified atom stereocenters. The first-order chi connectivity index (χ1) is 14.6. The van der Waals surface area contributed by atoms with E-state index in [0.29, 0.717) is 11.5 Å². The van der Waals surface area contributed by atoms with Gasteiger partial charge in [0.15, 0.2) is 5.96 Å². The van der Waals surface area contributed by atoms with Gasteiger partial charge in [-0.2, -0.15) is 0 Å². The SMILES string of the molecule is CN=C(NCC1(CCOC)CCC1)NC1CCN(Cc2cc(OC)cc(OC)c2)C1.I. The summed E-state index contributed by atoms with van der Waals surface area (Å²) in [4.78, 5) is 6.92. The Hall–Kier alpha value is -1.26. The summed E-state index contributed by atoms with van der Waals surface area (Å²) >= 11 is 0. The summed E-state index contributed by atoms with van der Waals surface area (Å²) in [5, 5.41) is 7.19. The molecule has 1 saturated heterocycles. The van der Waals surface area contributed by atoms with E-state index in [1.165, 1.54) is 24.8 Å². The third-order valence-electron chi connectivity index (χ3n) is 6.54. The van der Waals surface area contributed by atoms with Crippen LogP contribution in [0.1, 0.15) is 37.7 Å². The first-order valence-corrected chi connectivity index (χ1v) is 11.0. The number of nitrogens with one attached hydrogen (secondary N) is 2. The lowest BCUT2D eigenvalue weighted by Gasteiger charge is -2.42. The minimum absolute atomic E-state index is 0. The van der Waals surface area contributed by atoms with E-state index in [4.69, 9.17) is 14.2 Å². The fourth-order valence-corrected chi connectivity index (χ4v) is 4.48. The zero-order chi connectivity index (χ0) is 21.4. The Morgan fingerprint density at radius 3 is 2.42 bits per heavy atom. The van der Waals surface area contributed by atoms with E-state index < -0.39 is 0 Å². The van der Waals surface area contributed by atoms with Crippen LogP contribution in [0.3, 0.4) is 0 Å². The van der Waals surface area contributed by atoms with E-state index in [0.717, 1.165) is 63.1 Å². The van der Waals surface area contributed by atoms with Crippen molar-refractivity contribution in [2.24, 2.45) is 10.4 Å². The first-order valence-electron chi connectivity index (χ1n) is 11.0. The van der Waals surface area contributed by atoms with Crippen LogP contribution in [0.25, 0.3) is 0 Å². The number of ether oxygens (including phenoxy) is 3. The van der Waals surface area contributed by atoms with E-state index in [9.17, 15) is 0 Å². The Morgan fingerprint density at radius 2 is 1.87 bits per heavy atom. The van der Waals surface area contributed by atoms with Crippen molar-refractivity contribution in [3.8, 4) is 11.5 Å². The minimum Gasteiger partial charge on any atom is -0.497 e. The molecular formula is C23H39IN4O3. The minimum atomic E-state index is 0. The van der Waals surface area contributed by atoms with E-state index in [1.807, 2.05) is 13.1 Å². The summed E-state index contributed by atoms with van der Waals surface area (Å²) in [6.45, 7) is 4.75. The summed E-state index contributed by atoms with van der Waals surface area (Å²) in [5.41, 5.74) is 1.58. The van der Waals surface area contributed by atoms with Gasteiger partial charge in [0.2, 0.25) is 0 Å². The molecule has 0 radical (unpaired) electrons. The highest BCUT2D eigenvalue weighted by atomic mass is 127. The van der Waals surface area contributed by atoms with Crippen LogP contribution >= 0.6 is 24.0 Å². The molecule has 0 aromatic heterocycles. The predicted molar refractivity (Wildman–Crippen MR) is 136 cm³/mol. The van der Waals surface area contributed by atoms with Gasteiger partial charge in [-0.3, -0.25) is 9.89 Å². The van der Waals surface area contributed by atoms with Crippen LogP contribution in [-0.4, -0.2) is 71.5 Å². The van der Waals surface area contributed by atoms with Gasteiger partial charge in [0.05, 0.1) is 14.2 Å². The van der Waals surface area contributed by atoms with Crippen LogP contribution in [0.4, 0.5) is 0 Å². The van der Waals surface area contributed by atoms with Crippen molar-refractivity contribution in [2.45, 2.75) is 44.7 Å². The van der Waals surface area contributed by atoms with Gasteiger partial charge in [0.25, 0.3) is 0 Å². The normalized spacial score (nSPS) is 20.5. The molecular weight excluding hydrogens is 507 g/mol. The maximum absolute atomic E-state index is 5.40. The molecule has 176 valence electrons. The third kappa shape index (κ3) is 7.39. The molecule has 8 heteroatoms. The highest BCUT2D eigenvalue weighted by Gasteiger charge is 2.36. The highest BCUT2D eigenvalue weighted by Crippen LogP contribution is 2.43. The molecule has 1 aromatic rings. The Kier molecular flexibility index (Phi) is 10.6. The van der Waals surface area contributed by atoms with Crippen LogP contribution in [0.15, 0.2) is 23.2 Å². The van der Waals surface area contributed by atoms with Crippen molar-refractivity contribution >= 4 is 29.9 Å². The summed E-state index contributed by atoms with van der Waals surface area (Å²) in [6, 6.07) is 6.48. The number of guanidine groups is 1. The lowest BCUT2D eigenvalue weighted by molar-refractivity contribution is 0.0732. The molecule has 2 N–H and O–H groups in total. The number of hydrogen-bond donors (Lipinski definition) is 2. The summed E-state index contributed by atoms with van der Waals surface area (Å²) in [5.74, 6) is 2.58. The molecule has 1 aliphatic heterocycles. The molecule has 3 rings (SSSR count). The van der Waals surface area contributed by atoms with Gasteiger partial charge >= 0.3 is 0 Å². The van der Waals surface area contributed by atoms with Crippen LogP contribution in [-0.2, 0) is 11.3 Å². The van der Waals surface area contributed by atoms with Crippen molar-refractivity contribution in [1.29, 1.82) is 0 Å². The zero-order valence-electron chi connectivity index (χ0n) is 19.4. The van der Waals surface area contributed by atoms with Crippen LogP contribution in [0, 0.1) is 5.41 Å². The average molecular weight is 546 g/mol. The lowest BCUT2D eigenvalue weighted by Crippen LogP contribution is -2.49. The lowest BCUT2D eigenvalue weighted by atomic mass is 9.67. The Morgan fingerprint density at radius 1 is 1.16 bits per heavy atom. The van der Waals surface area contributed by atoms with E-state index in [2.05, 4.69) is 32.7 Å². The third-order valence-corrected chi connectivity index (χ3v) is 6.54.